The molecule has 0 spiro atoms. The highest BCUT2D eigenvalue weighted by Crippen LogP contribution is 2.20. The molecule has 0 unspecified atom stereocenters. The lowest BCUT2D eigenvalue weighted by atomic mass is 10.2. The minimum absolute atomic E-state index is 0.231. The summed E-state index contributed by atoms with van der Waals surface area (Å²) in [6.45, 7) is 1.34. The van der Waals surface area contributed by atoms with Crippen molar-refractivity contribution < 1.29 is 13.2 Å². The number of amides is 1. The summed E-state index contributed by atoms with van der Waals surface area (Å²) in [5, 5.41) is 4.58. The molecule has 2 N–H and O–H groups in total. The molecule has 2 aromatic carbocycles. The van der Waals surface area contributed by atoms with Crippen molar-refractivity contribution in [3.8, 4) is 0 Å². The van der Waals surface area contributed by atoms with Crippen LogP contribution in [0.3, 0.4) is 0 Å². The molecule has 0 aliphatic carbocycles. The van der Waals surface area contributed by atoms with Gasteiger partial charge in [-0.25, -0.2) is 8.42 Å². The average molecular weight is 430 g/mol. The summed E-state index contributed by atoms with van der Waals surface area (Å²) in [5.74, 6) is -0.232. The highest BCUT2D eigenvalue weighted by Gasteiger charge is 2.16. The fourth-order valence-electron chi connectivity index (χ4n) is 2.78. The Morgan fingerprint density at radius 2 is 1.83 bits per heavy atom. The lowest BCUT2D eigenvalue weighted by molar-refractivity contribution is 0.0953. The molecule has 29 heavy (non-hydrogen) atoms. The summed E-state index contributed by atoms with van der Waals surface area (Å²) in [6.07, 6.45) is 0.793. The minimum Gasteiger partial charge on any atom is -0.375 e. The van der Waals surface area contributed by atoms with Crippen molar-refractivity contribution in [2.75, 3.05) is 29.8 Å². The van der Waals surface area contributed by atoms with Gasteiger partial charge in [-0.05, 0) is 48.2 Å². The van der Waals surface area contributed by atoms with Crippen LogP contribution in [0.1, 0.15) is 16.8 Å². The summed E-state index contributed by atoms with van der Waals surface area (Å²) >= 11 is 1.14. The van der Waals surface area contributed by atoms with Crippen molar-refractivity contribution in [3.63, 3.8) is 0 Å². The van der Waals surface area contributed by atoms with E-state index in [4.69, 9.17) is 0 Å². The Hall–Kier alpha value is -2.84. The van der Waals surface area contributed by atoms with Crippen LogP contribution < -0.4 is 14.9 Å². The van der Waals surface area contributed by atoms with Crippen LogP contribution >= 0.6 is 11.3 Å². The molecule has 0 atom stereocenters. The number of para-hydroxylation sites is 1. The van der Waals surface area contributed by atoms with Crippen LogP contribution in [0.25, 0.3) is 0 Å². The SMILES string of the molecule is CN(CCCNC(=O)c1cccc(NS(=O)(=O)c2cccs2)c1)c1ccccc1. The van der Waals surface area contributed by atoms with Crippen LogP contribution in [0.2, 0.25) is 0 Å². The molecule has 0 saturated heterocycles. The Labute approximate surface area is 175 Å². The summed E-state index contributed by atoms with van der Waals surface area (Å²) in [5.41, 5.74) is 1.90. The van der Waals surface area contributed by atoms with E-state index >= 15 is 0 Å². The van der Waals surface area contributed by atoms with Gasteiger partial charge >= 0.3 is 0 Å². The van der Waals surface area contributed by atoms with Crippen molar-refractivity contribution in [1.29, 1.82) is 0 Å². The number of nitrogens with zero attached hydrogens (tertiary/aromatic N) is 1. The van der Waals surface area contributed by atoms with Gasteiger partial charge in [0, 0.05) is 37.1 Å². The summed E-state index contributed by atoms with van der Waals surface area (Å²) in [6, 6.07) is 19.7. The van der Waals surface area contributed by atoms with Gasteiger partial charge in [-0.15, -0.1) is 11.3 Å². The maximum atomic E-state index is 12.4. The number of thiophene rings is 1. The highest BCUT2D eigenvalue weighted by atomic mass is 32.2. The number of hydrogen-bond donors (Lipinski definition) is 2. The van der Waals surface area contributed by atoms with E-state index in [0.717, 1.165) is 30.0 Å². The second-order valence-corrected chi connectivity index (χ2v) is 9.34. The molecule has 0 aliphatic rings. The van der Waals surface area contributed by atoms with E-state index in [1.165, 1.54) is 12.1 Å². The molecule has 3 aromatic rings. The maximum absolute atomic E-state index is 12.4. The monoisotopic (exact) mass is 429 g/mol. The zero-order valence-corrected chi connectivity index (χ0v) is 17.7. The third kappa shape index (κ3) is 5.82. The van der Waals surface area contributed by atoms with E-state index < -0.39 is 10.0 Å². The van der Waals surface area contributed by atoms with Crippen LogP contribution in [0.5, 0.6) is 0 Å². The van der Waals surface area contributed by atoms with Gasteiger partial charge in [0.1, 0.15) is 4.21 Å². The molecule has 3 rings (SSSR count). The molecule has 1 heterocycles. The third-order valence-electron chi connectivity index (χ3n) is 4.29. The van der Waals surface area contributed by atoms with Gasteiger partial charge in [0.15, 0.2) is 0 Å². The van der Waals surface area contributed by atoms with E-state index in [1.807, 2.05) is 37.4 Å². The molecule has 152 valence electrons. The summed E-state index contributed by atoms with van der Waals surface area (Å²) in [4.78, 5) is 14.5. The Balaban J connectivity index is 1.52. The maximum Gasteiger partial charge on any atom is 0.271 e. The molecule has 6 nitrogen and oxygen atoms in total. The fourth-order valence-corrected chi connectivity index (χ4v) is 4.82. The van der Waals surface area contributed by atoms with Gasteiger partial charge in [-0.3, -0.25) is 9.52 Å². The number of nitrogens with one attached hydrogen (secondary N) is 2. The second-order valence-electron chi connectivity index (χ2n) is 6.48. The fraction of sp³-hybridized carbons (Fsp3) is 0.190. The molecular weight excluding hydrogens is 406 g/mol. The predicted octanol–water partition coefficient (Wildman–Crippen LogP) is 3.81. The van der Waals surface area contributed by atoms with Crippen molar-refractivity contribution in [2.45, 2.75) is 10.6 Å². The Bertz CT molecular complexity index is 1040. The van der Waals surface area contributed by atoms with Gasteiger partial charge in [0.25, 0.3) is 15.9 Å². The van der Waals surface area contributed by atoms with Crippen LogP contribution in [-0.4, -0.2) is 34.5 Å². The summed E-state index contributed by atoms with van der Waals surface area (Å²) in [7, 11) is -1.62. The van der Waals surface area contributed by atoms with Crippen LogP contribution in [0, 0.1) is 0 Å². The van der Waals surface area contributed by atoms with E-state index in [9.17, 15) is 13.2 Å². The smallest absolute Gasteiger partial charge is 0.271 e. The van der Waals surface area contributed by atoms with Gasteiger partial charge in [0.2, 0.25) is 0 Å². The summed E-state index contributed by atoms with van der Waals surface area (Å²) < 4.78 is 27.4. The molecule has 1 amide bonds. The normalized spacial score (nSPS) is 11.1. The van der Waals surface area contributed by atoms with Gasteiger partial charge in [-0.1, -0.05) is 30.3 Å². The number of anilines is 2. The number of carbonyl (C=O) groups is 1. The van der Waals surface area contributed by atoms with Crippen molar-refractivity contribution >= 4 is 38.6 Å². The first-order valence-electron chi connectivity index (χ1n) is 9.16. The third-order valence-corrected chi connectivity index (χ3v) is 7.07. The van der Waals surface area contributed by atoms with Crippen molar-refractivity contribution in [3.05, 3.63) is 77.7 Å². The average Bonchev–Trinajstić information content (AvgIpc) is 3.27. The number of carbonyl (C=O) groups excluding carboxylic acids is 1. The number of benzene rings is 2. The highest BCUT2D eigenvalue weighted by molar-refractivity contribution is 7.94. The van der Waals surface area contributed by atoms with Crippen LogP contribution in [0.15, 0.2) is 76.3 Å². The molecule has 0 radical (unpaired) electrons. The van der Waals surface area contributed by atoms with Gasteiger partial charge < -0.3 is 10.2 Å². The lowest BCUT2D eigenvalue weighted by Gasteiger charge is -2.19. The zero-order valence-electron chi connectivity index (χ0n) is 16.0. The van der Waals surface area contributed by atoms with E-state index in [-0.39, 0.29) is 10.1 Å². The van der Waals surface area contributed by atoms with Crippen molar-refractivity contribution in [1.82, 2.24) is 5.32 Å². The van der Waals surface area contributed by atoms with Crippen LogP contribution in [0.4, 0.5) is 11.4 Å². The quantitative estimate of drug-likeness (QED) is 0.507. The van der Waals surface area contributed by atoms with Crippen LogP contribution in [-0.2, 0) is 10.0 Å². The Morgan fingerprint density at radius 3 is 2.55 bits per heavy atom. The molecule has 0 fully saturated rings. The second kappa shape index (κ2) is 9.58. The molecular formula is C21H23N3O3S2. The van der Waals surface area contributed by atoms with Crippen molar-refractivity contribution in [2.24, 2.45) is 0 Å². The molecule has 0 saturated carbocycles. The Kier molecular flexibility index (Phi) is 6.90. The number of rotatable bonds is 9. The first kappa shape index (κ1) is 20.9. The molecule has 1 aromatic heterocycles. The zero-order chi connectivity index (χ0) is 20.7. The van der Waals surface area contributed by atoms with E-state index in [1.54, 1.807) is 29.6 Å². The molecule has 0 aliphatic heterocycles. The van der Waals surface area contributed by atoms with Gasteiger partial charge in [-0.2, -0.15) is 0 Å². The van der Waals surface area contributed by atoms with Gasteiger partial charge in [0.05, 0.1) is 0 Å². The number of sulfonamides is 1. The largest absolute Gasteiger partial charge is 0.375 e. The standard InChI is InChI=1S/C21H23N3O3S2/c1-24(19-10-3-2-4-11-19)14-7-13-22-21(25)17-8-5-9-18(16-17)23-29(26,27)20-12-6-15-28-20/h2-6,8-12,15-16,23H,7,13-14H2,1H3,(H,22,25). The number of hydrogen-bond acceptors (Lipinski definition) is 5. The molecule has 0 bridgehead atoms. The first-order chi connectivity index (χ1) is 14.0. The Morgan fingerprint density at radius 1 is 1.03 bits per heavy atom. The molecule has 8 heteroatoms. The first-order valence-corrected chi connectivity index (χ1v) is 11.5. The minimum atomic E-state index is -3.64. The topological polar surface area (TPSA) is 78.5 Å². The van der Waals surface area contributed by atoms with E-state index in [2.05, 4.69) is 14.9 Å². The predicted molar refractivity (Wildman–Crippen MR) is 118 cm³/mol. The van der Waals surface area contributed by atoms with E-state index in [0.29, 0.717) is 17.8 Å². The lowest BCUT2D eigenvalue weighted by Crippen LogP contribution is -2.28.